The fourth-order valence-corrected chi connectivity index (χ4v) is 3.82. The maximum Gasteiger partial charge on any atom is 0.236 e. The molecule has 1 aliphatic rings. The topological polar surface area (TPSA) is 46.2 Å². The van der Waals surface area contributed by atoms with Crippen LogP contribution in [0, 0.1) is 0 Å². The van der Waals surface area contributed by atoms with Crippen molar-refractivity contribution in [3.05, 3.63) is 29.8 Å². The van der Waals surface area contributed by atoms with E-state index in [4.69, 9.17) is 4.74 Å². The van der Waals surface area contributed by atoms with Gasteiger partial charge in [-0.15, -0.1) is 11.8 Å². The molecule has 20 heavy (non-hydrogen) atoms. The van der Waals surface area contributed by atoms with Crippen molar-refractivity contribution in [2.24, 2.45) is 0 Å². The Morgan fingerprint density at radius 2 is 2.15 bits per heavy atom. The molecule has 1 amide bonds. The zero-order valence-corrected chi connectivity index (χ0v) is 13.2. The molecule has 1 aliphatic heterocycles. The van der Waals surface area contributed by atoms with E-state index in [-0.39, 0.29) is 16.5 Å². The third-order valence-electron chi connectivity index (χ3n) is 3.54. The van der Waals surface area contributed by atoms with Crippen LogP contribution < -0.4 is 10.1 Å². The molecular formula is C15H23N2O2S+. The molecule has 0 bridgehead atoms. The van der Waals surface area contributed by atoms with Crippen LogP contribution in [0.2, 0.25) is 0 Å². The Morgan fingerprint density at radius 3 is 2.85 bits per heavy atom. The normalized spacial score (nSPS) is 22.4. The first-order valence-electron chi connectivity index (χ1n) is 7.05. The summed E-state index contributed by atoms with van der Waals surface area (Å²) in [5, 5.41) is 2.25. The number of hydrogen-bond acceptors (Lipinski definition) is 3. The summed E-state index contributed by atoms with van der Waals surface area (Å²) >= 11 is 1.71. The SMILES string of the molecule is C[NH2+]CCCN1C(=O)[C@H](C)S[C@@H]1c1ccccc1OC. The Bertz CT molecular complexity index is 467. The molecule has 1 heterocycles. The van der Waals surface area contributed by atoms with E-state index in [0.717, 1.165) is 30.8 Å². The standard InChI is InChI=1S/C15H22N2O2S/c1-11-14(18)17(10-6-9-16-2)15(20-11)12-7-4-5-8-13(12)19-3/h4-5,7-8,11,15-16H,6,9-10H2,1-3H3/p+1/t11-,15+/m0/s1. The van der Waals surface area contributed by atoms with Gasteiger partial charge in [0.15, 0.2) is 0 Å². The van der Waals surface area contributed by atoms with Gasteiger partial charge in [0.1, 0.15) is 11.1 Å². The molecule has 1 saturated heterocycles. The highest BCUT2D eigenvalue weighted by Gasteiger charge is 2.39. The number of carbonyl (C=O) groups excluding carboxylic acids is 1. The predicted molar refractivity (Wildman–Crippen MR) is 81.8 cm³/mol. The molecular weight excluding hydrogens is 272 g/mol. The van der Waals surface area contributed by atoms with Gasteiger partial charge in [0.05, 0.1) is 26.0 Å². The molecule has 0 unspecified atom stereocenters. The molecule has 110 valence electrons. The summed E-state index contributed by atoms with van der Waals surface area (Å²) < 4.78 is 5.44. The van der Waals surface area contributed by atoms with Crippen LogP contribution in [-0.4, -0.2) is 43.3 Å². The van der Waals surface area contributed by atoms with Crippen LogP contribution in [0.4, 0.5) is 0 Å². The van der Waals surface area contributed by atoms with Crippen molar-refractivity contribution < 1.29 is 14.8 Å². The lowest BCUT2D eigenvalue weighted by Crippen LogP contribution is -2.79. The van der Waals surface area contributed by atoms with Gasteiger partial charge in [-0.2, -0.15) is 0 Å². The number of thioether (sulfide) groups is 1. The number of nitrogens with two attached hydrogens (primary N) is 1. The smallest absolute Gasteiger partial charge is 0.236 e. The summed E-state index contributed by atoms with van der Waals surface area (Å²) in [7, 11) is 3.74. The minimum atomic E-state index is 0.0236. The van der Waals surface area contributed by atoms with Crippen molar-refractivity contribution in [3.63, 3.8) is 0 Å². The molecule has 0 aromatic heterocycles. The molecule has 2 rings (SSSR count). The molecule has 4 nitrogen and oxygen atoms in total. The van der Waals surface area contributed by atoms with Crippen molar-refractivity contribution in [1.82, 2.24) is 4.90 Å². The number of benzene rings is 1. The summed E-state index contributed by atoms with van der Waals surface area (Å²) in [6, 6.07) is 7.98. The van der Waals surface area contributed by atoms with Gasteiger partial charge in [0, 0.05) is 18.5 Å². The number of ether oxygens (including phenoxy) is 1. The van der Waals surface area contributed by atoms with Gasteiger partial charge in [0.2, 0.25) is 5.91 Å². The van der Waals surface area contributed by atoms with Gasteiger partial charge in [-0.05, 0) is 13.0 Å². The van der Waals surface area contributed by atoms with Gasteiger partial charge in [0.25, 0.3) is 0 Å². The van der Waals surface area contributed by atoms with Gasteiger partial charge >= 0.3 is 0 Å². The molecule has 2 atom stereocenters. The highest BCUT2D eigenvalue weighted by molar-refractivity contribution is 8.01. The molecule has 1 fully saturated rings. The van der Waals surface area contributed by atoms with Gasteiger partial charge in [-0.25, -0.2) is 0 Å². The predicted octanol–water partition coefficient (Wildman–Crippen LogP) is 1.24. The van der Waals surface area contributed by atoms with Crippen LogP contribution in [0.1, 0.15) is 24.3 Å². The van der Waals surface area contributed by atoms with Crippen molar-refractivity contribution in [2.75, 3.05) is 27.2 Å². The fraction of sp³-hybridized carbons (Fsp3) is 0.533. The van der Waals surface area contributed by atoms with Gasteiger partial charge in [-0.3, -0.25) is 4.79 Å². The van der Waals surface area contributed by atoms with E-state index in [1.165, 1.54) is 0 Å². The number of quaternary nitrogens is 1. The van der Waals surface area contributed by atoms with E-state index < -0.39 is 0 Å². The average Bonchev–Trinajstić information content (AvgIpc) is 2.75. The number of para-hydroxylation sites is 1. The van der Waals surface area contributed by atoms with E-state index in [9.17, 15) is 4.79 Å². The molecule has 0 spiro atoms. The number of rotatable bonds is 6. The molecule has 0 saturated carbocycles. The van der Waals surface area contributed by atoms with Crippen molar-refractivity contribution in [1.29, 1.82) is 0 Å². The molecule has 0 radical (unpaired) electrons. The largest absolute Gasteiger partial charge is 0.496 e. The molecule has 0 aliphatic carbocycles. The monoisotopic (exact) mass is 295 g/mol. The van der Waals surface area contributed by atoms with E-state index >= 15 is 0 Å². The Labute approximate surface area is 124 Å². The summed E-state index contributed by atoms with van der Waals surface area (Å²) in [6.45, 7) is 3.84. The highest BCUT2D eigenvalue weighted by Crippen LogP contribution is 2.45. The van der Waals surface area contributed by atoms with Crippen LogP contribution >= 0.6 is 11.8 Å². The van der Waals surface area contributed by atoms with Gasteiger partial charge < -0.3 is 15.0 Å². The Hall–Kier alpha value is -1.20. The first kappa shape index (κ1) is 15.2. The zero-order chi connectivity index (χ0) is 14.5. The highest BCUT2D eigenvalue weighted by atomic mass is 32.2. The third kappa shape index (κ3) is 3.10. The first-order chi connectivity index (χ1) is 9.69. The third-order valence-corrected chi connectivity index (χ3v) is 4.92. The van der Waals surface area contributed by atoms with E-state index in [0.29, 0.717) is 0 Å². The Balaban J connectivity index is 2.21. The molecule has 1 aromatic rings. The van der Waals surface area contributed by atoms with Crippen LogP contribution in [0.25, 0.3) is 0 Å². The van der Waals surface area contributed by atoms with Gasteiger partial charge in [-0.1, -0.05) is 18.2 Å². The molecule has 1 aromatic carbocycles. The average molecular weight is 295 g/mol. The second-order valence-electron chi connectivity index (χ2n) is 4.95. The minimum absolute atomic E-state index is 0.0236. The first-order valence-corrected chi connectivity index (χ1v) is 8.00. The lowest BCUT2D eigenvalue weighted by Gasteiger charge is -2.25. The van der Waals surface area contributed by atoms with Crippen molar-refractivity contribution >= 4 is 17.7 Å². The van der Waals surface area contributed by atoms with E-state index in [2.05, 4.69) is 18.4 Å². The number of carbonyl (C=O) groups is 1. The second-order valence-corrected chi connectivity index (χ2v) is 6.38. The number of methoxy groups -OCH3 is 1. The quantitative estimate of drug-likeness (QED) is 0.803. The van der Waals surface area contributed by atoms with Crippen molar-refractivity contribution in [2.45, 2.75) is 24.0 Å². The van der Waals surface area contributed by atoms with Crippen LogP contribution in [0.15, 0.2) is 24.3 Å². The summed E-state index contributed by atoms with van der Waals surface area (Å²) in [5.41, 5.74) is 1.10. The summed E-state index contributed by atoms with van der Waals surface area (Å²) in [5.74, 6) is 1.10. The maximum absolute atomic E-state index is 12.3. The molecule has 5 heteroatoms. The minimum Gasteiger partial charge on any atom is -0.496 e. The van der Waals surface area contributed by atoms with Crippen LogP contribution in [0.3, 0.4) is 0 Å². The molecule has 2 N–H and O–H groups in total. The fourth-order valence-electron chi connectivity index (χ4n) is 2.48. The Kier molecular flexibility index (Phi) is 5.31. The summed E-state index contributed by atoms with van der Waals surface area (Å²) in [4.78, 5) is 14.3. The lowest BCUT2D eigenvalue weighted by atomic mass is 10.1. The van der Waals surface area contributed by atoms with Crippen molar-refractivity contribution in [3.8, 4) is 5.75 Å². The van der Waals surface area contributed by atoms with Crippen LogP contribution in [0.5, 0.6) is 5.75 Å². The number of hydrogen-bond donors (Lipinski definition) is 1. The van der Waals surface area contributed by atoms with Crippen LogP contribution in [-0.2, 0) is 4.79 Å². The maximum atomic E-state index is 12.3. The summed E-state index contributed by atoms with van der Waals surface area (Å²) in [6.07, 6.45) is 1.02. The lowest BCUT2D eigenvalue weighted by molar-refractivity contribution is -0.627. The number of amides is 1. The second kappa shape index (κ2) is 6.99. The zero-order valence-electron chi connectivity index (χ0n) is 12.3. The van der Waals surface area contributed by atoms with E-state index in [1.54, 1.807) is 18.9 Å². The number of nitrogens with zero attached hydrogens (tertiary/aromatic N) is 1. The Morgan fingerprint density at radius 1 is 1.40 bits per heavy atom. The van der Waals surface area contributed by atoms with E-state index in [1.807, 2.05) is 30.0 Å².